The van der Waals surface area contributed by atoms with E-state index in [9.17, 15) is 13.2 Å². The van der Waals surface area contributed by atoms with Gasteiger partial charge in [0.2, 0.25) is 15.8 Å². The number of aryl methyl sites for hydroxylation is 1. The maximum absolute atomic E-state index is 12.7. The van der Waals surface area contributed by atoms with Gasteiger partial charge in [-0.25, -0.2) is 13.2 Å². The van der Waals surface area contributed by atoms with Gasteiger partial charge in [-0.1, -0.05) is 25.1 Å². The van der Waals surface area contributed by atoms with Crippen LogP contribution >= 0.6 is 0 Å². The highest BCUT2D eigenvalue weighted by molar-refractivity contribution is 7.89. The van der Waals surface area contributed by atoms with Crippen molar-refractivity contribution in [3.05, 3.63) is 59.5 Å². The largest absolute Gasteiger partial charge is 0.461 e. The summed E-state index contributed by atoms with van der Waals surface area (Å²) in [6.07, 6.45) is 1.51. The molecule has 29 heavy (non-hydrogen) atoms. The van der Waals surface area contributed by atoms with E-state index in [4.69, 9.17) is 13.7 Å². The van der Waals surface area contributed by atoms with Gasteiger partial charge in [-0.05, 0) is 36.8 Å². The Morgan fingerprint density at radius 1 is 1.14 bits per heavy atom. The quantitative estimate of drug-likeness (QED) is 0.515. The third-order valence-corrected chi connectivity index (χ3v) is 6.49. The summed E-state index contributed by atoms with van der Waals surface area (Å²) in [6.45, 7) is 5.82. The predicted octanol–water partition coefficient (Wildman–Crippen LogP) is 3.63. The summed E-state index contributed by atoms with van der Waals surface area (Å²) in [5, 5.41) is 3.85. The fraction of sp³-hybridized carbons (Fsp3) is 0.300. The van der Waals surface area contributed by atoms with Crippen molar-refractivity contribution in [3.8, 4) is 11.5 Å². The van der Waals surface area contributed by atoms with Gasteiger partial charge in [0.05, 0.1) is 16.7 Å². The highest BCUT2D eigenvalue weighted by atomic mass is 32.2. The van der Waals surface area contributed by atoms with Gasteiger partial charge in [0.1, 0.15) is 12.3 Å². The summed E-state index contributed by atoms with van der Waals surface area (Å²) < 4.78 is 42.5. The molecule has 0 aliphatic heterocycles. The van der Waals surface area contributed by atoms with Gasteiger partial charge in [0.25, 0.3) is 0 Å². The zero-order chi connectivity index (χ0) is 21.0. The number of carbonyl (C=O) groups excluding carboxylic acids is 1. The lowest BCUT2D eigenvalue weighted by Crippen LogP contribution is -2.30. The zero-order valence-electron chi connectivity index (χ0n) is 16.4. The van der Waals surface area contributed by atoms with E-state index in [1.165, 1.54) is 22.7 Å². The van der Waals surface area contributed by atoms with Crippen LogP contribution in [0.3, 0.4) is 0 Å². The van der Waals surface area contributed by atoms with Gasteiger partial charge in [0.15, 0.2) is 5.76 Å². The molecule has 0 aliphatic rings. The molecule has 0 bridgehead atoms. The molecular weight excluding hydrogens is 396 g/mol. The molecule has 1 aromatic carbocycles. The third kappa shape index (κ3) is 4.41. The fourth-order valence-corrected chi connectivity index (χ4v) is 4.31. The van der Waals surface area contributed by atoms with Crippen molar-refractivity contribution in [2.45, 2.75) is 32.3 Å². The molecule has 0 aliphatic carbocycles. The molecule has 0 saturated heterocycles. The van der Waals surface area contributed by atoms with Gasteiger partial charge in [-0.2, -0.15) is 4.31 Å². The second-order valence-corrected chi connectivity index (χ2v) is 8.24. The molecular formula is C20H22N2O6S. The van der Waals surface area contributed by atoms with Crippen LogP contribution in [-0.4, -0.2) is 36.9 Å². The molecule has 0 atom stereocenters. The van der Waals surface area contributed by atoms with Crippen molar-refractivity contribution >= 4 is 16.0 Å². The van der Waals surface area contributed by atoms with Crippen LogP contribution in [0, 0.1) is 6.92 Å². The number of hydrogen-bond donors (Lipinski definition) is 0. The Bertz CT molecular complexity index is 1080. The summed E-state index contributed by atoms with van der Waals surface area (Å²) in [5.74, 6) is 0.298. The van der Waals surface area contributed by atoms with Gasteiger partial charge in [-0.3, -0.25) is 0 Å². The molecule has 8 nitrogen and oxygen atoms in total. The Morgan fingerprint density at radius 3 is 2.55 bits per heavy atom. The maximum Gasteiger partial charge on any atom is 0.338 e. The first-order valence-electron chi connectivity index (χ1n) is 9.14. The highest BCUT2D eigenvalue weighted by Gasteiger charge is 2.24. The van der Waals surface area contributed by atoms with E-state index in [0.717, 1.165) is 0 Å². The van der Waals surface area contributed by atoms with E-state index in [0.29, 0.717) is 35.9 Å². The topological polar surface area (TPSA) is 103 Å². The third-order valence-electron chi connectivity index (χ3n) is 4.45. The molecule has 3 aromatic rings. The van der Waals surface area contributed by atoms with Crippen LogP contribution in [0.25, 0.3) is 11.5 Å². The van der Waals surface area contributed by atoms with Crippen LogP contribution in [-0.2, 0) is 21.4 Å². The van der Waals surface area contributed by atoms with Crippen LogP contribution in [0.4, 0.5) is 0 Å². The average Bonchev–Trinajstić information content (AvgIpc) is 3.38. The van der Waals surface area contributed by atoms with Crippen LogP contribution in [0.1, 0.15) is 35.5 Å². The lowest BCUT2D eigenvalue weighted by Gasteiger charge is -2.19. The van der Waals surface area contributed by atoms with E-state index in [2.05, 4.69) is 5.16 Å². The van der Waals surface area contributed by atoms with Crippen LogP contribution in [0.15, 0.2) is 56.5 Å². The molecule has 0 fully saturated rings. The predicted molar refractivity (Wildman–Crippen MR) is 105 cm³/mol. The minimum atomic E-state index is -3.68. The molecule has 2 aromatic heterocycles. The molecule has 3 rings (SSSR count). The first-order chi connectivity index (χ1) is 13.9. The summed E-state index contributed by atoms with van der Waals surface area (Å²) in [5.41, 5.74) is 1.22. The molecule has 0 N–H and O–H groups in total. The van der Waals surface area contributed by atoms with E-state index in [-0.39, 0.29) is 17.1 Å². The zero-order valence-corrected chi connectivity index (χ0v) is 17.2. The standard InChI is InChI=1S/C20H22N2O6S/c1-4-22(5-2)29(24,25)16-9-8-14(3)17(12-16)20(23)27-13-15-11-19(28-21-15)18-7-6-10-26-18/h6-12H,4-5,13H2,1-3H3. The van der Waals surface area contributed by atoms with Gasteiger partial charge < -0.3 is 13.7 Å². The van der Waals surface area contributed by atoms with E-state index in [1.807, 2.05) is 0 Å². The summed E-state index contributed by atoms with van der Waals surface area (Å²) in [4.78, 5) is 12.6. The molecule has 0 spiro atoms. The maximum atomic E-state index is 12.7. The number of hydrogen-bond acceptors (Lipinski definition) is 7. The average molecular weight is 418 g/mol. The lowest BCUT2D eigenvalue weighted by molar-refractivity contribution is 0.0463. The van der Waals surface area contributed by atoms with Gasteiger partial charge in [-0.15, -0.1) is 0 Å². The Kier molecular flexibility index (Phi) is 6.19. The minimum Gasteiger partial charge on any atom is -0.461 e. The van der Waals surface area contributed by atoms with Crippen LogP contribution in [0.5, 0.6) is 0 Å². The lowest BCUT2D eigenvalue weighted by atomic mass is 10.1. The first kappa shape index (κ1) is 20.8. The number of carbonyl (C=O) groups is 1. The minimum absolute atomic E-state index is 0.0558. The molecule has 0 saturated carbocycles. The van der Waals surface area contributed by atoms with Gasteiger partial charge >= 0.3 is 5.97 Å². The Balaban J connectivity index is 1.76. The van der Waals surface area contributed by atoms with E-state index in [1.54, 1.807) is 45.0 Å². The Hall–Kier alpha value is -2.91. The summed E-state index contributed by atoms with van der Waals surface area (Å²) in [6, 6.07) is 9.49. The normalized spacial score (nSPS) is 11.7. The van der Waals surface area contributed by atoms with Crippen molar-refractivity contribution in [1.29, 1.82) is 0 Å². The SMILES string of the molecule is CCN(CC)S(=O)(=O)c1ccc(C)c(C(=O)OCc2cc(-c3ccco3)on2)c1. The van der Waals surface area contributed by atoms with Crippen LogP contribution < -0.4 is 0 Å². The van der Waals surface area contributed by atoms with Gasteiger partial charge in [0, 0.05) is 19.2 Å². The number of rotatable bonds is 8. The number of sulfonamides is 1. The van der Waals surface area contributed by atoms with Crippen molar-refractivity contribution < 1.29 is 26.9 Å². The van der Waals surface area contributed by atoms with Crippen molar-refractivity contribution in [3.63, 3.8) is 0 Å². The highest BCUT2D eigenvalue weighted by Crippen LogP contribution is 2.22. The van der Waals surface area contributed by atoms with Crippen molar-refractivity contribution in [2.75, 3.05) is 13.1 Å². The van der Waals surface area contributed by atoms with Crippen LogP contribution in [0.2, 0.25) is 0 Å². The second-order valence-electron chi connectivity index (χ2n) is 6.30. The molecule has 0 amide bonds. The number of benzene rings is 1. The number of aromatic nitrogens is 1. The second kappa shape index (κ2) is 8.62. The number of nitrogens with zero attached hydrogens (tertiary/aromatic N) is 2. The molecule has 0 unspecified atom stereocenters. The molecule has 2 heterocycles. The van der Waals surface area contributed by atoms with Crippen molar-refractivity contribution in [1.82, 2.24) is 9.46 Å². The van der Waals surface area contributed by atoms with E-state index < -0.39 is 16.0 Å². The summed E-state index contributed by atoms with van der Waals surface area (Å²) >= 11 is 0. The first-order valence-corrected chi connectivity index (χ1v) is 10.6. The smallest absolute Gasteiger partial charge is 0.338 e. The number of esters is 1. The number of ether oxygens (including phenoxy) is 1. The van der Waals surface area contributed by atoms with E-state index >= 15 is 0 Å². The van der Waals surface area contributed by atoms with Crippen molar-refractivity contribution in [2.24, 2.45) is 0 Å². The fourth-order valence-electron chi connectivity index (χ4n) is 2.83. The Morgan fingerprint density at radius 2 is 1.90 bits per heavy atom. The molecule has 154 valence electrons. The molecule has 0 radical (unpaired) electrons. The Labute approximate surface area is 169 Å². The monoisotopic (exact) mass is 418 g/mol. The number of furan rings is 1. The molecule has 9 heteroatoms. The summed E-state index contributed by atoms with van der Waals surface area (Å²) in [7, 11) is -3.68.